The third kappa shape index (κ3) is 3.00. The molecule has 0 spiro atoms. The van der Waals surface area contributed by atoms with Crippen molar-refractivity contribution in [1.82, 2.24) is 4.90 Å². The minimum Gasteiger partial charge on any atom is -0.267 e. The van der Waals surface area contributed by atoms with Crippen molar-refractivity contribution < 1.29 is 53.1 Å². The summed E-state index contributed by atoms with van der Waals surface area (Å²) in [6.45, 7) is -9.38. The van der Waals surface area contributed by atoms with Gasteiger partial charge in [-0.3, -0.25) is 4.79 Å². The Morgan fingerprint density at radius 1 is 0.789 bits per heavy atom. The Morgan fingerprint density at radius 3 is 1.32 bits per heavy atom. The third-order valence-corrected chi connectivity index (χ3v) is 1.67. The van der Waals surface area contributed by atoms with Crippen molar-refractivity contribution in [3.05, 3.63) is 0 Å². The van der Waals surface area contributed by atoms with Crippen LogP contribution in [0, 0.1) is 0 Å². The van der Waals surface area contributed by atoms with E-state index in [2.05, 4.69) is 0 Å². The van der Waals surface area contributed by atoms with Gasteiger partial charge >= 0.3 is 37.0 Å². The molecule has 13 heteroatoms. The third-order valence-electron chi connectivity index (χ3n) is 1.67. The van der Waals surface area contributed by atoms with E-state index in [1.807, 2.05) is 0 Å². The Kier molecular flexibility index (Phi) is 4.66. The molecule has 19 heavy (non-hydrogen) atoms. The second kappa shape index (κ2) is 5.00. The molecule has 0 saturated carbocycles. The zero-order valence-corrected chi connectivity index (χ0v) is 8.17. The van der Waals surface area contributed by atoms with Crippen LogP contribution in [0.5, 0.6) is 0 Å². The normalized spacial score (nSPS) is 14.2. The van der Waals surface area contributed by atoms with Crippen molar-refractivity contribution in [2.24, 2.45) is 0 Å². The summed E-state index contributed by atoms with van der Waals surface area (Å²) in [5, 5.41) is 0. The van der Waals surface area contributed by atoms with Crippen LogP contribution >= 0.6 is 0 Å². The van der Waals surface area contributed by atoms with Gasteiger partial charge in [-0.15, -0.1) is 0 Å². The van der Waals surface area contributed by atoms with E-state index in [9.17, 15) is 53.1 Å². The fourth-order valence-corrected chi connectivity index (χ4v) is 0.737. The average Bonchev–Trinajstić information content (AvgIpc) is 2.13. The first kappa shape index (κ1) is 17.7. The molecule has 0 aliphatic carbocycles. The number of hydrogen-bond acceptors (Lipinski definition) is 1. The quantitative estimate of drug-likeness (QED) is 0.577. The van der Waals surface area contributed by atoms with E-state index >= 15 is 0 Å². The van der Waals surface area contributed by atoms with Crippen LogP contribution in [-0.4, -0.2) is 41.9 Å². The van der Waals surface area contributed by atoms with Crippen LogP contribution in [0.2, 0.25) is 0 Å². The van der Waals surface area contributed by atoms with Gasteiger partial charge in [0.05, 0.1) is 0 Å². The molecule has 114 valence electrons. The Morgan fingerprint density at radius 2 is 1.11 bits per heavy atom. The number of hydrogen-bond donors (Lipinski definition) is 0. The zero-order chi connectivity index (χ0) is 15.8. The summed E-state index contributed by atoms with van der Waals surface area (Å²) in [4.78, 5) is 8.00. The van der Waals surface area contributed by atoms with E-state index in [0.717, 1.165) is 0 Å². The minimum absolute atomic E-state index is 2.38. The lowest BCUT2D eigenvalue weighted by atomic mass is 10.1. The molecule has 0 aliphatic heterocycles. The first-order chi connectivity index (χ1) is 8.18. The van der Waals surface area contributed by atoms with Crippen LogP contribution in [0.25, 0.3) is 0 Å². The summed E-state index contributed by atoms with van der Waals surface area (Å²) >= 11 is 0. The van der Waals surface area contributed by atoms with E-state index in [1.54, 1.807) is 0 Å². The van der Waals surface area contributed by atoms with Gasteiger partial charge in [-0.25, -0.2) is 4.90 Å². The zero-order valence-electron chi connectivity index (χ0n) is 8.17. The van der Waals surface area contributed by atoms with Crippen molar-refractivity contribution in [3.63, 3.8) is 0 Å². The highest BCUT2D eigenvalue weighted by atomic mass is 19.4. The van der Waals surface area contributed by atoms with Crippen molar-refractivity contribution in [3.8, 4) is 0 Å². The van der Waals surface area contributed by atoms with E-state index in [0.29, 0.717) is 0 Å². The molecule has 0 aromatic carbocycles. The molecule has 2 nitrogen and oxygen atoms in total. The molecule has 0 fully saturated rings. The fraction of sp³-hybridized carbons (Fsp3) is 0.833. The van der Waals surface area contributed by atoms with Crippen LogP contribution in [0.3, 0.4) is 0 Å². The number of nitrogens with zero attached hydrogens (tertiary/aromatic N) is 1. The maximum absolute atomic E-state index is 12.5. The molecular weight excluding hydrogens is 311 g/mol. The second-order valence-corrected chi connectivity index (χ2v) is 2.91. The second-order valence-electron chi connectivity index (χ2n) is 2.91. The monoisotopic (exact) mass is 313 g/mol. The number of rotatable bonds is 4. The maximum Gasteiger partial charge on any atom is 0.460 e. The topological polar surface area (TPSA) is 20.3 Å². The Labute approximate surface area is 96.3 Å². The van der Waals surface area contributed by atoms with Gasteiger partial charge in [0, 0.05) is 0 Å². The molecule has 0 aliphatic rings. The summed E-state index contributed by atoms with van der Waals surface area (Å²) in [5.74, 6) is -17.9. The SMILES string of the molecule is O=C(N(C(F)F)C(F)F)C(F)(F)C(F)(F)C(F)(F)F. The lowest BCUT2D eigenvalue weighted by Gasteiger charge is -2.30. The van der Waals surface area contributed by atoms with Crippen LogP contribution in [0.4, 0.5) is 48.3 Å². The highest BCUT2D eigenvalue weighted by molar-refractivity contribution is 5.85. The number of carbonyl (C=O) groups is 1. The summed E-state index contributed by atoms with van der Waals surface area (Å²) in [7, 11) is 0. The average molecular weight is 313 g/mol. The van der Waals surface area contributed by atoms with Gasteiger partial charge in [0.2, 0.25) is 0 Å². The van der Waals surface area contributed by atoms with Crippen molar-refractivity contribution in [1.29, 1.82) is 0 Å². The van der Waals surface area contributed by atoms with E-state index in [-0.39, 0.29) is 0 Å². The van der Waals surface area contributed by atoms with Gasteiger partial charge < -0.3 is 0 Å². The molecular formula is C6H2F11NO. The smallest absolute Gasteiger partial charge is 0.267 e. The summed E-state index contributed by atoms with van der Waals surface area (Å²) in [5.41, 5.74) is 0. The van der Waals surface area contributed by atoms with E-state index < -0.39 is 41.9 Å². The summed E-state index contributed by atoms with van der Waals surface area (Å²) in [6.07, 6.45) is -7.00. The highest BCUT2D eigenvalue weighted by Gasteiger charge is 2.77. The molecule has 0 heterocycles. The molecule has 0 saturated heterocycles. The number of halogens is 11. The van der Waals surface area contributed by atoms with Gasteiger partial charge in [-0.05, 0) is 0 Å². The minimum atomic E-state index is -7.08. The molecule has 0 aromatic heterocycles. The maximum atomic E-state index is 12.5. The predicted molar refractivity (Wildman–Crippen MR) is 34.8 cm³/mol. The van der Waals surface area contributed by atoms with Crippen LogP contribution in [0.1, 0.15) is 0 Å². The largest absolute Gasteiger partial charge is 0.460 e. The van der Waals surface area contributed by atoms with Crippen LogP contribution in [0.15, 0.2) is 0 Å². The Bertz CT molecular complexity index is 327. The Hall–Kier alpha value is -1.30. The van der Waals surface area contributed by atoms with Crippen LogP contribution in [-0.2, 0) is 4.79 Å². The lowest BCUT2D eigenvalue weighted by molar-refractivity contribution is -0.348. The van der Waals surface area contributed by atoms with Gasteiger partial charge in [0.15, 0.2) is 0 Å². The highest BCUT2D eigenvalue weighted by Crippen LogP contribution is 2.47. The molecule has 0 bridgehead atoms. The molecule has 0 radical (unpaired) electrons. The molecule has 0 unspecified atom stereocenters. The molecule has 0 N–H and O–H groups in total. The summed E-state index contributed by atoms with van der Waals surface area (Å²) in [6, 6.07) is 0. The first-order valence-electron chi connectivity index (χ1n) is 3.89. The Balaban J connectivity index is 5.60. The lowest BCUT2D eigenvalue weighted by Crippen LogP contribution is -2.61. The van der Waals surface area contributed by atoms with Crippen LogP contribution < -0.4 is 0 Å². The number of amides is 1. The molecule has 0 aromatic rings. The van der Waals surface area contributed by atoms with E-state index in [1.165, 1.54) is 0 Å². The molecule has 0 rings (SSSR count). The van der Waals surface area contributed by atoms with Gasteiger partial charge in [0.1, 0.15) is 0 Å². The standard InChI is InChI=1S/C6H2F11NO/c7-2(8)18(3(9)10)1(19)4(11,12)5(13,14)6(15,16)17/h2-3H. The van der Waals surface area contributed by atoms with Gasteiger partial charge in [0.25, 0.3) is 0 Å². The molecule has 1 amide bonds. The van der Waals surface area contributed by atoms with E-state index in [4.69, 9.17) is 0 Å². The van der Waals surface area contributed by atoms with Crippen molar-refractivity contribution in [2.75, 3.05) is 0 Å². The number of alkyl halides is 11. The summed E-state index contributed by atoms with van der Waals surface area (Å²) < 4.78 is 131. The molecule has 0 atom stereocenters. The first-order valence-corrected chi connectivity index (χ1v) is 3.89. The van der Waals surface area contributed by atoms with Crippen molar-refractivity contribution >= 4 is 5.91 Å². The van der Waals surface area contributed by atoms with Gasteiger partial charge in [-0.1, -0.05) is 0 Å². The predicted octanol–water partition coefficient (Wildman–Crippen LogP) is 3.09. The fourth-order valence-electron chi connectivity index (χ4n) is 0.737. The van der Waals surface area contributed by atoms with Crippen molar-refractivity contribution in [2.45, 2.75) is 31.1 Å². The van der Waals surface area contributed by atoms with Gasteiger partial charge in [-0.2, -0.15) is 48.3 Å². The number of carbonyl (C=O) groups excluding carboxylic acids is 1.